The van der Waals surface area contributed by atoms with E-state index in [1.165, 1.54) is 7.11 Å². The van der Waals surface area contributed by atoms with Crippen molar-refractivity contribution in [2.24, 2.45) is 17.8 Å². The Morgan fingerprint density at radius 1 is 0.264 bits per heavy atom. The van der Waals surface area contributed by atoms with Crippen LogP contribution in [0.5, 0.6) is 28.7 Å². The van der Waals surface area contributed by atoms with E-state index in [0.717, 1.165) is 53.3 Å². The fraction of sp³-hybridized carbons (Fsp3) is 0.505. The minimum Gasteiger partial charge on any atom is -0.497 e. The predicted molar refractivity (Wildman–Crippen MR) is 448 cm³/mol. The van der Waals surface area contributed by atoms with Gasteiger partial charge in [0.15, 0.2) is 0 Å². The second-order valence-electron chi connectivity index (χ2n) is 26.1. The van der Waals surface area contributed by atoms with Gasteiger partial charge >= 0.3 is 41.8 Å². The summed E-state index contributed by atoms with van der Waals surface area (Å²) in [5.41, 5.74) is 5.17. The van der Waals surface area contributed by atoms with Gasteiger partial charge in [0.25, 0.3) is 0 Å². The van der Waals surface area contributed by atoms with Gasteiger partial charge in [0.1, 0.15) is 68.4 Å². The van der Waals surface area contributed by atoms with E-state index in [-0.39, 0.29) is 68.1 Å². The van der Waals surface area contributed by atoms with E-state index in [1.807, 2.05) is 102 Å². The van der Waals surface area contributed by atoms with Crippen LogP contribution in [0.4, 0.5) is 0 Å². The summed E-state index contributed by atoms with van der Waals surface area (Å²) in [7, 11) is 2.98. The molecule has 6 rings (SSSR count). The largest absolute Gasteiger partial charge is 0.497 e. The maximum Gasteiger partial charge on any atom is 0.343 e. The first kappa shape index (κ1) is 104. The molecule has 121 heavy (non-hydrogen) atoms. The molecule has 30 nitrogen and oxygen atoms in total. The normalized spacial score (nSPS) is 11.6. The number of methoxy groups -OCH3 is 2. The molecule has 0 saturated carbocycles. The molecule has 0 aliphatic carbocycles. The van der Waals surface area contributed by atoms with E-state index in [4.69, 9.17) is 109 Å². The summed E-state index contributed by atoms with van der Waals surface area (Å²) in [6.45, 7) is 27.6. The first-order chi connectivity index (χ1) is 59.0. The fourth-order valence-electron chi connectivity index (χ4n) is 9.57. The smallest absolute Gasteiger partial charge is 0.343 e. The summed E-state index contributed by atoms with van der Waals surface area (Å²) in [6.07, 6.45) is 3.39. The SMILES string of the molecule is C=CC(=O)OCCOCCOCCOCCOCCOCCOCCOCCOCCOCCOC(=O)C(C)CC.CCC(C)C(=O)OCCOCCOCCOc1ccc(C(=O)Oc2ccc(-c3ccc(C(=O)OC)cc3)cc2)cc1.CCC(C)C(=O)OCCOCCOCCOc1ccc(C(=O)Oc2ccc(-c3ccc(OC)cc3)cc2)cc1. The molecule has 0 bridgehead atoms. The molecule has 0 saturated heterocycles. The molecule has 0 amide bonds. The Kier molecular flexibility index (Phi) is 58.1. The zero-order valence-electron chi connectivity index (χ0n) is 71.4. The molecule has 0 aromatic heterocycles. The van der Waals surface area contributed by atoms with Crippen molar-refractivity contribution in [1.82, 2.24) is 0 Å². The highest BCUT2D eigenvalue weighted by Crippen LogP contribution is 2.27. The first-order valence-electron chi connectivity index (χ1n) is 40.8. The Morgan fingerprint density at radius 2 is 0.471 bits per heavy atom. The third-order valence-electron chi connectivity index (χ3n) is 17.2. The Balaban J connectivity index is 0.000000381. The number of rotatable bonds is 65. The summed E-state index contributed by atoms with van der Waals surface area (Å²) in [5.74, 6) is 0.270. The van der Waals surface area contributed by atoms with Crippen molar-refractivity contribution < 1.29 is 143 Å². The lowest BCUT2D eigenvalue weighted by molar-refractivity contribution is -0.150. The van der Waals surface area contributed by atoms with Crippen molar-refractivity contribution in [1.29, 1.82) is 0 Å². The van der Waals surface area contributed by atoms with Crippen molar-refractivity contribution in [3.05, 3.63) is 175 Å². The van der Waals surface area contributed by atoms with E-state index in [9.17, 15) is 33.6 Å². The van der Waals surface area contributed by atoms with Crippen molar-refractivity contribution in [2.75, 3.05) is 226 Å². The van der Waals surface area contributed by atoms with Gasteiger partial charge in [0, 0.05) is 6.08 Å². The summed E-state index contributed by atoms with van der Waals surface area (Å²) in [6, 6.07) is 42.7. The topological polar surface area (TPSA) is 332 Å². The third kappa shape index (κ3) is 49.1. The van der Waals surface area contributed by atoms with Crippen LogP contribution in [0.15, 0.2) is 158 Å². The Morgan fingerprint density at radius 3 is 0.711 bits per heavy atom. The Labute approximate surface area is 711 Å². The highest BCUT2D eigenvalue weighted by Gasteiger charge is 2.17. The summed E-state index contributed by atoms with van der Waals surface area (Å²) in [5, 5.41) is 0. The van der Waals surface area contributed by atoms with E-state index < -0.39 is 17.9 Å². The number of carbonyl (C=O) groups is 7. The predicted octanol–water partition coefficient (Wildman–Crippen LogP) is 12.4. The van der Waals surface area contributed by atoms with Gasteiger partial charge in [0.2, 0.25) is 0 Å². The Bertz CT molecular complexity index is 3710. The van der Waals surface area contributed by atoms with E-state index in [1.54, 1.807) is 92.0 Å². The maximum absolute atomic E-state index is 12.6. The molecule has 0 N–H and O–H groups in total. The lowest BCUT2D eigenvalue weighted by Gasteiger charge is -2.10. The lowest BCUT2D eigenvalue weighted by Crippen LogP contribution is -2.18. The highest BCUT2D eigenvalue weighted by molar-refractivity contribution is 5.92. The van der Waals surface area contributed by atoms with Crippen LogP contribution in [-0.4, -0.2) is 267 Å². The van der Waals surface area contributed by atoms with E-state index >= 15 is 0 Å². The van der Waals surface area contributed by atoms with Crippen LogP contribution in [0, 0.1) is 17.8 Å². The molecule has 0 aliphatic rings. The van der Waals surface area contributed by atoms with Crippen LogP contribution < -0.4 is 23.7 Å². The highest BCUT2D eigenvalue weighted by atomic mass is 16.6. The molecule has 3 atom stereocenters. The van der Waals surface area contributed by atoms with Gasteiger partial charge < -0.3 is 109 Å². The van der Waals surface area contributed by atoms with E-state index in [0.29, 0.717) is 225 Å². The van der Waals surface area contributed by atoms with Crippen LogP contribution in [-0.2, 0) is 104 Å². The molecule has 6 aromatic rings. The average Bonchev–Trinajstić information content (AvgIpc) is 0.846. The number of carbonyl (C=O) groups excluding carboxylic acids is 7. The molecule has 668 valence electrons. The minimum absolute atomic E-state index is 0.0759. The molecule has 3 unspecified atom stereocenters. The van der Waals surface area contributed by atoms with Crippen molar-refractivity contribution in [2.45, 2.75) is 60.8 Å². The number of esters is 7. The van der Waals surface area contributed by atoms with E-state index in [2.05, 4.69) is 6.58 Å². The van der Waals surface area contributed by atoms with Gasteiger partial charge in [-0.15, -0.1) is 0 Å². The third-order valence-corrected chi connectivity index (χ3v) is 17.2. The summed E-state index contributed by atoms with van der Waals surface area (Å²) < 4.78 is 123. The van der Waals surface area contributed by atoms with Crippen LogP contribution in [0.1, 0.15) is 91.9 Å². The van der Waals surface area contributed by atoms with Crippen LogP contribution >= 0.6 is 0 Å². The van der Waals surface area contributed by atoms with Crippen molar-refractivity contribution in [3.8, 4) is 51.0 Å². The van der Waals surface area contributed by atoms with Crippen LogP contribution in [0.3, 0.4) is 0 Å². The van der Waals surface area contributed by atoms with Crippen LogP contribution in [0.2, 0.25) is 0 Å². The van der Waals surface area contributed by atoms with Crippen molar-refractivity contribution >= 4 is 41.8 Å². The average molecular weight is 1700 g/mol. The standard InChI is InChI=1S/C32H36O9.C31H36O8.C28H52O13/c1-4-23(2)30(33)40-22-20-38-18-17-37-19-21-39-28-13-11-27(12-14-28)32(35)41-29-15-9-25(10-16-29)24-5-7-26(8-6-24)31(34)36-3;1-4-23(2)30(32)38-22-20-36-18-17-35-19-21-37-28-13-9-26(10-14-28)31(33)39-29-15-7-25(8-16-29)24-5-11-27(34-3)12-6-24;1-4-26(3)28(30)41-25-23-39-21-19-37-17-15-35-13-11-33-9-7-31-6-8-32-10-12-34-14-16-36-18-20-38-22-24-40-27(29)5-2/h5-16,23H,4,17-22H2,1-3H3;5-16,23H,4,17-22H2,1-3H3;5,26H,2,4,6-25H2,1,3H3. The lowest BCUT2D eigenvalue weighted by atomic mass is 10.0. The number of ether oxygens (including phenoxy) is 23. The van der Waals surface area contributed by atoms with Gasteiger partial charge in [-0.2, -0.15) is 0 Å². The summed E-state index contributed by atoms with van der Waals surface area (Å²) >= 11 is 0. The monoisotopic (exact) mass is 1700 g/mol. The zero-order chi connectivity index (χ0) is 87.4. The number of hydrogen-bond acceptors (Lipinski definition) is 30. The quantitative estimate of drug-likeness (QED) is 0.0113. The molecule has 6 aromatic carbocycles. The Hall–Kier alpha value is -9.77. The van der Waals surface area contributed by atoms with Gasteiger partial charge in [-0.25, -0.2) is 19.2 Å². The van der Waals surface area contributed by atoms with Crippen molar-refractivity contribution in [3.63, 3.8) is 0 Å². The molecular weight excluding hydrogens is 1570 g/mol. The van der Waals surface area contributed by atoms with Crippen LogP contribution in [0.25, 0.3) is 22.3 Å². The summed E-state index contributed by atoms with van der Waals surface area (Å²) in [4.78, 5) is 82.1. The first-order valence-corrected chi connectivity index (χ1v) is 40.8. The van der Waals surface area contributed by atoms with Gasteiger partial charge in [-0.1, -0.05) is 96.7 Å². The van der Waals surface area contributed by atoms with Gasteiger partial charge in [0.05, 0.1) is 220 Å². The molecule has 0 spiro atoms. The molecule has 0 radical (unpaired) electrons. The molecule has 0 fully saturated rings. The fourth-order valence-corrected chi connectivity index (χ4v) is 9.57. The van der Waals surface area contributed by atoms with Gasteiger partial charge in [-0.3, -0.25) is 14.4 Å². The second-order valence-corrected chi connectivity index (χ2v) is 26.1. The minimum atomic E-state index is -0.482. The number of benzene rings is 6. The molecule has 30 heteroatoms. The molecule has 0 aliphatic heterocycles. The molecule has 0 heterocycles. The van der Waals surface area contributed by atoms with Gasteiger partial charge in [-0.05, 0) is 139 Å². The maximum atomic E-state index is 12.6. The second kappa shape index (κ2) is 67.8. The zero-order valence-corrected chi connectivity index (χ0v) is 71.4. The number of hydrogen-bond donors (Lipinski definition) is 0. The molecular formula is C91H124O30.